The van der Waals surface area contributed by atoms with E-state index in [1.54, 1.807) is 12.4 Å². The van der Waals surface area contributed by atoms with Gasteiger partial charge in [0.1, 0.15) is 0 Å². The zero-order chi connectivity index (χ0) is 19.0. The van der Waals surface area contributed by atoms with Crippen LogP contribution in [0.4, 0.5) is 0 Å². The molecule has 0 aromatic carbocycles. The van der Waals surface area contributed by atoms with Gasteiger partial charge in [0.05, 0.1) is 24.5 Å². The van der Waals surface area contributed by atoms with E-state index >= 15 is 0 Å². The smallest absolute Gasteiger partial charge is 0.220 e. The van der Waals surface area contributed by atoms with Crippen molar-refractivity contribution in [3.63, 3.8) is 0 Å². The van der Waals surface area contributed by atoms with Crippen molar-refractivity contribution in [1.29, 1.82) is 0 Å². The van der Waals surface area contributed by atoms with E-state index in [9.17, 15) is 9.59 Å². The lowest BCUT2D eigenvalue weighted by molar-refractivity contribution is -0.126. The summed E-state index contributed by atoms with van der Waals surface area (Å²) in [5.74, 6) is -0.0276. The SMILES string of the molecule is O=C(CC1(CC(=O)NCc2ccccn2)CCCC1)NCc1ccccn1. The van der Waals surface area contributed by atoms with Crippen LogP contribution in [0.15, 0.2) is 48.8 Å². The van der Waals surface area contributed by atoms with Crippen LogP contribution in [0.2, 0.25) is 0 Å². The van der Waals surface area contributed by atoms with Crippen molar-refractivity contribution in [2.75, 3.05) is 0 Å². The van der Waals surface area contributed by atoms with Gasteiger partial charge in [-0.15, -0.1) is 0 Å². The Labute approximate surface area is 159 Å². The number of amides is 2. The number of nitrogens with one attached hydrogen (secondary N) is 2. The van der Waals surface area contributed by atoms with Gasteiger partial charge in [-0.3, -0.25) is 19.6 Å². The second-order valence-electron chi connectivity index (χ2n) is 7.26. The van der Waals surface area contributed by atoms with Gasteiger partial charge < -0.3 is 10.6 Å². The number of aromatic nitrogens is 2. The number of hydrogen-bond acceptors (Lipinski definition) is 4. The number of nitrogens with zero attached hydrogens (tertiary/aromatic N) is 2. The molecule has 2 N–H and O–H groups in total. The monoisotopic (exact) mass is 366 g/mol. The summed E-state index contributed by atoms with van der Waals surface area (Å²) in [6.07, 6.45) is 8.18. The lowest BCUT2D eigenvalue weighted by Crippen LogP contribution is -2.35. The Hall–Kier alpha value is -2.76. The molecule has 0 saturated heterocycles. The minimum atomic E-state index is -0.234. The van der Waals surface area contributed by atoms with Crippen LogP contribution >= 0.6 is 0 Å². The first kappa shape index (κ1) is 19.0. The summed E-state index contributed by atoms with van der Waals surface area (Å²) in [6, 6.07) is 11.3. The minimum Gasteiger partial charge on any atom is -0.350 e. The van der Waals surface area contributed by atoms with E-state index in [1.165, 1.54) is 0 Å². The van der Waals surface area contributed by atoms with Crippen LogP contribution in [0, 0.1) is 5.41 Å². The third-order valence-electron chi connectivity index (χ3n) is 5.12. The summed E-state index contributed by atoms with van der Waals surface area (Å²) in [5.41, 5.74) is 1.43. The van der Waals surface area contributed by atoms with Gasteiger partial charge in [-0.05, 0) is 42.5 Å². The van der Waals surface area contributed by atoms with Gasteiger partial charge in [-0.1, -0.05) is 25.0 Å². The normalized spacial score (nSPS) is 15.3. The maximum absolute atomic E-state index is 12.5. The lowest BCUT2D eigenvalue weighted by Gasteiger charge is -2.27. The fourth-order valence-corrected chi connectivity index (χ4v) is 3.73. The Kier molecular flexibility index (Phi) is 6.52. The minimum absolute atomic E-state index is 0.0138. The largest absolute Gasteiger partial charge is 0.350 e. The molecule has 27 heavy (non-hydrogen) atoms. The van der Waals surface area contributed by atoms with E-state index in [2.05, 4.69) is 20.6 Å². The van der Waals surface area contributed by atoms with E-state index in [-0.39, 0.29) is 17.2 Å². The third kappa shape index (κ3) is 5.88. The van der Waals surface area contributed by atoms with Gasteiger partial charge >= 0.3 is 0 Å². The summed E-state index contributed by atoms with van der Waals surface area (Å²) >= 11 is 0. The molecule has 6 nitrogen and oxygen atoms in total. The standard InChI is InChI=1S/C21H26N4O2/c26-19(24-15-17-7-1-5-11-22-17)13-21(9-3-4-10-21)14-20(27)25-16-18-8-2-6-12-23-18/h1-2,5-8,11-12H,3-4,9-10,13-16H2,(H,24,26)(H,25,27). The molecule has 0 aliphatic heterocycles. The average Bonchev–Trinajstić information content (AvgIpc) is 3.14. The van der Waals surface area contributed by atoms with Crippen LogP contribution in [0.1, 0.15) is 49.9 Å². The van der Waals surface area contributed by atoms with Crippen molar-refractivity contribution in [3.05, 3.63) is 60.2 Å². The van der Waals surface area contributed by atoms with Crippen LogP contribution in [-0.2, 0) is 22.7 Å². The summed E-state index contributed by atoms with van der Waals surface area (Å²) in [4.78, 5) is 33.3. The fourth-order valence-electron chi connectivity index (χ4n) is 3.73. The molecule has 142 valence electrons. The number of carbonyl (C=O) groups excluding carboxylic acids is 2. The first-order valence-corrected chi connectivity index (χ1v) is 9.48. The summed E-state index contributed by atoms with van der Waals surface area (Å²) in [7, 11) is 0. The quantitative estimate of drug-likeness (QED) is 0.752. The maximum Gasteiger partial charge on any atom is 0.220 e. The van der Waals surface area contributed by atoms with E-state index < -0.39 is 0 Å². The molecule has 1 aliphatic rings. The van der Waals surface area contributed by atoms with Crippen LogP contribution in [0.25, 0.3) is 0 Å². The first-order chi connectivity index (χ1) is 13.2. The van der Waals surface area contributed by atoms with Crippen LogP contribution < -0.4 is 10.6 Å². The summed E-state index contributed by atoms with van der Waals surface area (Å²) < 4.78 is 0. The Bertz CT molecular complexity index is 684. The Balaban J connectivity index is 1.50. The van der Waals surface area contributed by atoms with Crippen LogP contribution in [-0.4, -0.2) is 21.8 Å². The molecular formula is C21H26N4O2. The Morgan fingerprint density at radius 2 is 1.30 bits per heavy atom. The predicted octanol–water partition coefficient (Wildman–Crippen LogP) is 2.75. The van der Waals surface area contributed by atoms with E-state index in [4.69, 9.17) is 0 Å². The van der Waals surface area contributed by atoms with Gasteiger partial charge in [0, 0.05) is 25.2 Å². The van der Waals surface area contributed by atoms with Crippen LogP contribution in [0.3, 0.4) is 0 Å². The van der Waals surface area contributed by atoms with Gasteiger partial charge in [0.25, 0.3) is 0 Å². The van der Waals surface area contributed by atoms with Crippen molar-refractivity contribution < 1.29 is 9.59 Å². The predicted molar refractivity (Wildman–Crippen MR) is 102 cm³/mol. The number of carbonyl (C=O) groups is 2. The van der Waals surface area contributed by atoms with Gasteiger partial charge in [-0.25, -0.2) is 0 Å². The molecule has 0 radical (unpaired) electrons. The van der Waals surface area contributed by atoms with Crippen molar-refractivity contribution in [2.24, 2.45) is 5.41 Å². The van der Waals surface area contributed by atoms with Gasteiger partial charge in [0.15, 0.2) is 0 Å². The highest BCUT2D eigenvalue weighted by Crippen LogP contribution is 2.44. The molecule has 0 atom stereocenters. The molecule has 1 saturated carbocycles. The average molecular weight is 366 g/mol. The molecule has 1 fully saturated rings. The number of rotatable bonds is 8. The van der Waals surface area contributed by atoms with Crippen molar-refractivity contribution >= 4 is 11.8 Å². The second-order valence-corrected chi connectivity index (χ2v) is 7.26. The molecule has 1 aliphatic carbocycles. The first-order valence-electron chi connectivity index (χ1n) is 9.48. The van der Waals surface area contributed by atoms with E-state index in [0.717, 1.165) is 37.1 Å². The molecular weight excluding hydrogens is 340 g/mol. The summed E-state index contributed by atoms with van der Waals surface area (Å²) in [5, 5.41) is 5.88. The highest BCUT2D eigenvalue weighted by atomic mass is 16.2. The molecule has 2 heterocycles. The third-order valence-corrected chi connectivity index (χ3v) is 5.12. The molecule has 0 bridgehead atoms. The summed E-state index contributed by atoms with van der Waals surface area (Å²) in [6.45, 7) is 0.837. The number of hydrogen-bond donors (Lipinski definition) is 2. The zero-order valence-corrected chi connectivity index (χ0v) is 15.5. The molecule has 2 amide bonds. The van der Waals surface area contributed by atoms with Crippen molar-refractivity contribution in [2.45, 2.75) is 51.6 Å². The second kappa shape index (κ2) is 9.26. The molecule has 0 unspecified atom stereocenters. The van der Waals surface area contributed by atoms with Crippen molar-refractivity contribution in [1.82, 2.24) is 20.6 Å². The Morgan fingerprint density at radius 1 is 0.815 bits per heavy atom. The molecule has 2 aromatic rings. The van der Waals surface area contributed by atoms with Crippen molar-refractivity contribution in [3.8, 4) is 0 Å². The molecule has 0 spiro atoms. The van der Waals surface area contributed by atoms with Gasteiger partial charge in [0.2, 0.25) is 11.8 Å². The molecule has 6 heteroatoms. The molecule has 3 rings (SSSR count). The Morgan fingerprint density at radius 3 is 1.70 bits per heavy atom. The van der Waals surface area contributed by atoms with E-state index in [1.807, 2.05) is 36.4 Å². The van der Waals surface area contributed by atoms with E-state index in [0.29, 0.717) is 25.9 Å². The lowest BCUT2D eigenvalue weighted by atomic mass is 9.79. The highest BCUT2D eigenvalue weighted by Gasteiger charge is 2.37. The highest BCUT2D eigenvalue weighted by molar-refractivity contribution is 5.80. The van der Waals surface area contributed by atoms with Crippen LogP contribution in [0.5, 0.6) is 0 Å². The topological polar surface area (TPSA) is 84.0 Å². The maximum atomic E-state index is 12.5. The number of pyridine rings is 2. The molecule has 2 aromatic heterocycles. The zero-order valence-electron chi connectivity index (χ0n) is 15.5. The van der Waals surface area contributed by atoms with Gasteiger partial charge in [-0.2, -0.15) is 0 Å². The fraction of sp³-hybridized carbons (Fsp3) is 0.429.